The zero-order chi connectivity index (χ0) is 12.5. The van der Waals surface area contributed by atoms with Crippen molar-refractivity contribution in [2.45, 2.75) is 18.9 Å². The summed E-state index contributed by atoms with van der Waals surface area (Å²) in [7, 11) is 0. The molecular formula is C15H13NO2. The summed E-state index contributed by atoms with van der Waals surface area (Å²) in [5, 5.41) is 5.04. The van der Waals surface area contributed by atoms with Crippen molar-refractivity contribution in [3.63, 3.8) is 0 Å². The van der Waals surface area contributed by atoms with Crippen molar-refractivity contribution < 1.29 is 9.59 Å². The molecule has 3 rings (SSSR count). The molecule has 1 N–H and O–H groups in total. The molecule has 1 amide bonds. The summed E-state index contributed by atoms with van der Waals surface area (Å²) in [6, 6.07) is 13.6. The van der Waals surface area contributed by atoms with Gasteiger partial charge in [-0.3, -0.25) is 9.59 Å². The zero-order valence-electron chi connectivity index (χ0n) is 9.85. The van der Waals surface area contributed by atoms with Crippen LogP contribution >= 0.6 is 0 Å². The third-order valence-corrected chi connectivity index (χ3v) is 3.30. The number of carbonyl (C=O) groups excluding carboxylic acids is 2. The summed E-state index contributed by atoms with van der Waals surface area (Å²) in [6.45, 7) is 0. The molecule has 1 aliphatic rings. The predicted molar refractivity (Wildman–Crippen MR) is 69.4 cm³/mol. The standard InChI is InChI=1S/C15H13NO2/c17-14-8-13(9-14)16-15(18)12-6-5-10-3-1-2-4-11(10)7-12/h1-7,13H,8-9H2,(H,16,18). The Labute approximate surface area is 105 Å². The van der Waals surface area contributed by atoms with Gasteiger partial charge in [0.1, 0.15) is 5.78 Å². The van der Waals surface area contributed by atoms with Gasteiger partial charge in [0.2, 0.25) is 0 Å². The number of carbonyl (C=O) groups is 2. The minimum Gasteiger partial charge on any atom is -0.348 e. The second-order valence-corrected chi connectivity index (χ2v) is 4.68. The van der Waals surface area contributed by atoms with E-state index in [-0.39, 0.29) is 17.7 Å². The van der Waals surface area contributed by atoms with Gasteiger partial charge in [-0.15, -0.1) is 0 Å². The van der Waals surface area contributed by atoms with Gasteiger partial charge in [-0.2, -0.15) is 0 Å². The SMILES string of the molecule is O=C1CC(NC(=O)c2ccc3ccccc3c2)C1. The van der Waals surface area contributed by atoms with E-state index in [0.717, 1.165) is 10.8 Å². The van der Waals surface area contributed by atoms with Gasteiger partial charge in [-0.05, 0) is 22.9 Å². The molecule has 0 atom stereocenters. The van der Waals surface area contributed by atoms with Crippen molar-refractivity contribution in [3.8, 4) is 0 Å². The van der Waals surface area contributed by atoms with E-state index in [4.69, 9.17) is 0 Å². The van der Waals surface area contributed by atoms with Crippen molar-refractivity contribution in [2.75, 3.05) is 0 Å². The Morgan fingerprint density at radius 1 is 1.06 bits per heavy atom. The second kappa shape index (κ2) is 4.26. The van der Waals surface area contributed by atoms with E-state index in [1.165, 1.54) is 0 Å². The molecule has 3 nitrogen and oxygen atoms in total. The van der Waals surface area contributed by atoms with Crippen LogP contribution in [0.15, 0.2) is 42.5 Å². The van der Waals surface area contributed by atoms with Crippen LogP contribution in [0.5, 0.6) is 0 Å². The van der Waals surface area contributed by atoms with E-state index < -0.39 is 0 Å². The first-order chi connectivity index (χ1) is 8.72. The number of Topliss-reactive ketones (excluding diaryl/α,β-unsaturated/α-hetero) is 1. The molecule has 0 aromatic heterocycles. The minimum absolute atomic E-state index is 0.0245. The number of nitrogens with one attached hydrogen (secondary N) is 1. The molecule has 0 saturated heterocycles. The van der Waals surface area contributed by atoms with Crippen molar-refractivity contribution in [2.24, 2.45) is 0 Å². The average Bonchev–Trinajstić information content (AvgIpc) is 2.36. The lowest BCUT2D eigenvalue weighted by molar-refractivity contribution is -0.124. The van der Waals surface area contributed by atoms with Crippen molar-refractivity contribution in [1.82, 2.24) is 5.32 Å². The van der Waals surface area contributed by atoms with Gasteiger partial charge in [0.05, 0.1) is 0 Å². The highest BCUT2D eigenvalue weighted by atomic mass is 16.2. The molecule has 0 radical (unpaired) electrons. The second-order valence-electron chi connectivity index (χ2n) is 4.68. The van der Waals surface area contributed by atoms with Crippen LogP contribution in [0.3, 0.4) is 0 Å². The molecule has 90 valence electrons. The zero-order valence-corrected chi connectivity index (χ0v) is 9.85. The fourth-order valence-corrected chi connectivity index (χ4v) is 2.19. The summed E-state index contributed by atoms with van der Waals surface area (Å²) in [5.41, 5.74) is 0.646. The van der Waals surface area contributed by atoms with Crippen LogP contribution in [0.4, 0.5) is 0 Å². The van der Waals surface area contributed by atoms with Crippen LogP contribution in [-0.4, -0.2) is 17.7 Å². The fourth-order valence-electron chi connectivity index (χ4n) is 2.19. The molecule has 1 aliphatic carbocycles. The van der Waals surface area contributed by atoms with Crippen molar-refractivity contribution in [1.29, 1.82) is 0 Å². The number of rotatable bonds is 2. The van der Waals surface area contributed by atoms with Gasteiger partial charge in [-0.1, -0.05) is 30.3 Å². The van der Waals surface area contributed by atoms with Crippen molar-refractivity contribution >= 4 is 22.5 Å². The number of benzene rings is 2. The third kappa shape index (κ3) is 1.99. The molecule has 2 aromatic rings. The Morgan fingerprint density at radius 2 is 1.78 bits per heavy atom. The maximum atomic E-state index is 12.0. The largest absolute Gasteiger partial charge is 0.348 e. The number of ketones is 1. The fraction of sp³-hybridized carbons (Fsp3) is 0.200. The molecule has 0 heterocycles. The number of hydrogen-bond donors (Lipinski definition) is 1. The predicted octanol–water partition coefficient (Wildman–Crippen LogP) is 2.30. The quantitative estimate of drug-likeness (QED) is 0.874. The molecule has 0 aliphatic heterocycles. The lowest BCUT2D eigenvalue weighted by Gasteiger charge is -2.25. The van der Waals surface area contributed by atoms with Gasteiger partial charge >= 0.3 is 0 Å². The number of amides is 1. The first kappa shape index (κ1) is 11.0. The molecule has 0 spiro atoms. The van der Waals surface area contributed by atoms with E-state index in [0.29, 0.717) is 18.4 Å². The molecule has 1 fully saturated rings. The highest BCUT2D eigenvalue weighted by Gasteiger charge is 2.27. The van der Waals surface area contributed by atoms with Gasteiger partial charge in [0, 0.05) is 24.4 Å². The Bertz CT molecular complexity index is 625. The van der Waals surface area contributed by atoms with Crippen LogP contribution in [0.1, 0.15) is 23.2 Å². The van der Waals surface area contributed by atoms with Crippen LogP contribution in [-0.2, 0) is 4.79 Å². The Balaban J connectivity index is 1.81. The summed E-state index contributed by atoms with van der Waals surface area (Å²) in [4.78, 5) is 22.8. The lowest BCUT2D eigenvalue weighted by Crippen LogP contribution is -2.44. The molecule has 1 saturated carbocycles. The highest BCUT2D eigenvalue weighted by molar-refractivity contribution is 5.99. The summed E-state index contributed by atoms with van der Waals surface area (Å²) < 4.78 is 0. The molecule has 2 aromatic carbocycles. The summed E-state index contributed by atoms with van der Waals surface area (Å²) in [5.74, 6) is 0.122. The average molecular weight is 239 g/mol. The van der Waals surface area contributed by atoms with Gasteiger partial charge in [-0.25, -0.2) is 0 Å². The van der Waals surface area contributed by atoms with Crippen molar-refractivity contribution in [3.05, 3.63) is 48.0 Å². The minimum atomic E-state index is -0.0988. The van der Waals surface area contributed by atoms with E-state index in [9.17, 15) is 9.59 Å². The Kier molecular flexibility index (Phi) is 2.59. The van der Waals surface area contributed by atoms with Gasteiger partial charge in [0.25, 0.3) is 5.91 Å². The highest BCUT2D eigenvalue weighted by Crippen LogP contribution is 2.18. The maximum Gasteiger partial charge on any atom is 0.251 e. The third-order valence-electron chi connectivity index (χ3n) is 3.30. The van der Waals surface area contributed by atoms with Crippen LogP contribution in [0.25, 0.3) is 10.8 Å². The molecule has 18 heavy (non-hydrogen) atoms. The summed E-state index contributed by atoms with van der Waals surface area (Å²) >= 11 is 0. The smallest absolute Gasteiger partial charge is 0.251 e. The van der Waals surface area contributed by atoms with Gasteiger partial charge < -0.3 is 5.32 Å². The number of hydrogen-bond acceptors (Lipinski definition) is 2. The Hall–Kier alpha value is -2.16. The van der Waals surface area contributed by atoms with E-state index in [1.54, 1.807) is 0 Å². The molecule has 3 heteroatoms. The van der Waals surface area contributed by atoms with Gasteiger partial charge in [0.15, 0.2) is 0 Å². The maximum absolute atomic E-state index is 12.0. The molecule has 0 unspecified atom stereocenters. The van der Waals surface area contributed by atoms with Crippen LogP contribution in [0.2, 0.25) is 0 Å². The van der Waals surface area contributed by atoms with E-state index in [1.807, 2.05) is 42.5 Å². The number of fused-ring (bicyclic) bond motifs is 1. The Morgan fingerprint density at radius 3 is 2.50 bits per heavy atom. The monoisotopic (exact) mass is 239 g/mol. The lowest BCUT2D eigenvalue weighted by atomic mass is 9.91. The topological polar surface area (TPSA) is 46.2 Å². The molecule has 0 bridgehead atoms. The van der Waals surface area contributed by atoms with Crippen LogP contribution in [0, 0.1) is 0 Å². The van der Waals surface area contributed by atoms with E-state index in [2.05, 4.69) is 5.32 Å². The normalized spacial score (nSPS) is 15.4. The molecular weight excluding hydrogens is 226 g/mol. The first-order valence-electron chi connectivity index (χ1n) is 6.04. The van der Waals surface area contributed by atoms with E-state index >= 15 is 0 Å². The first-order valence-corrected chi connectivity index (χ1v) is 6.04. The summed E-state index contributed by atoms with van der Waals surface area (Å²) in [6.07, 6.45) is 0.943. The van der Waals surface area contributed by atoms with Crippen LogP contribution < -0.4 is 5.32 Å².